The molecule has 0 amide bonds. The van der Waals surface area contributed by atoms with E-state index in [1.54, 1.807) is 0 Å². The smallest absolute Gasteiger partial charge is 0.380 e. The fourth-order valence-corrected chi connectivity index (χ4v) is 3.82. The van der Waals surface area contributed by atoms with Gasteiger partial charge >= 0.3 is 11.9 Å². The van der Waals surface area contributed by atoms with Crippen molar-refractivity contribution in [3.63, 3.8) is 0 Å². The molecule has 0 aliphatic rings. The first-order valence-corrected chi connectivity index (χ1v) is 9.85. The molecule has 0 spiro atoms. The number of esters is 2. The molecule has 0 fully saturated rings. The van der Waals surface area contributed by atoms with Gasteiger partial charge in [-0.3, -0.25) is 4.79 Å². The van der Waals surface area contributed by atoms with Gasteiger partial charge in [0.15, 0.2) is 0 Å². The molecule has 10 nitrogen and oxygen atoms in total. The Kier molecular flexibility index (Phi) is 7.37. The molecule has 0 rings (SSSR count). The molecule has 0 N–H and O–H groups in total. The third kappa shape index (κ3) is 6.36. The SMILES string of the molecule is CCOC(=O)C(=O)C(=CN(S(C)(=O)=O)S(C)(=O)=O)C(=O)OCC. The molecule has 0 unspecified atom stereocenters. The van der Waals surface area contributed by atoms with Gasteiger partial charge in [0.2, 0.25) is 20.0 Å². The van der Waals surface area contributed by atoms with Crippen molar-refractivity contribution in [3.05, 3.63) is 11.8 Å². The van der Waals surface area contributed by atoms with E-state index in [-0.39, 0.29) is 23.1 Å². The van der Waals surface area contributed by atoms with Crippen LogP contribution in [0.4, 0.5) is 0 Å². The van der Waals surface area contributed by atoms with E-state index in [0.29, 0.717) is 12.5 Å². The van der Waals surface area contributed by atoms with Crippen LogP contribution < -0.4 is 0 Å². The van der Waals surface area contributed by atoms with Gasteiger partial charge in [-0.15, -0.1) is 0 Å². The van der Waals surface area contributed by atoms with Crippen LogP contribution in [0.3, 0.4) is 0 Å². The summed E-state index contributed by atoms with van der Waals surface area (Å²) in [7, 11) is -8.76. The topological polar surface area (TPSA) is 141 Å². The second-order valence-corrected chi connectivity index (χ2v) is 8.01. The average molecular weight is 371 g/mol. The van der Waals surface area contributed by atoms with E-state index >= 15 is 0 Å². The van der Waals surface area contributed by atoms with E-state index in [9.17, 15) is 31.2 Å². The average Bonchev–Trinajstić information content (AvgIpc) is 2.36. The van der Waals surface area contributed by atoms with Crippen molar-refractivity contribution in [2.75, 3.05) is 25.7 Å². The second kappa shape index (κ2) is 8.06. The normalized spacial score (nSPS) is 12.4. The summed E-state index contributed by atoms with van der Waals surface area (Å²) >= 11 is 0. The number of hydrogen-bond donors (Lipinski definition) is 0. The molecule has 0 heterocycles. The standard InChI is InChI=1S/C11H17NO9S2/c1-5-20-10(14)8(9(13)11(15)21-6-2)7-12(22(3,16)17)23(4,18)19/h7H,5-6H2,1-4H3. The molecule has 0 aromatic rings. The molecular formula is C11H17NO9S2. The van der Waals surface area contributed by atoms with Gasteiger partial charge < -0.3 is 9.47 Å². The Balaban J connectivity index is 6.17. The molecule has 0 aliphatic heterocycles. The second-order valence-electron chi connectivity index (χ2n) is 4.06. The summed E-state index contributed by atoms with van der Waals surface area (Å²) in [4.78, 5) is 35.1. The van der Waals surface area contributed by atoms with Crippen molar-refractivity contribution >= 4 is 37.8 Å². The summed E-state index contributed by atoms with van der Waals surface area (Å²) in [6.07, 6.45) is 1.31. The molecule has 0 saturated heterocycles. The third-order valence-electron chi connectivity index (χ3n) is 2.09. The quantitative estimate of drug-likeness (QED) is 0.169. The van der Waals surface area contributed by atoms with E-state index in [2.05, 4.69) is 9.47 Å². The zero-order chi connectivity index (χ0) is 18.4. The van der Waals surface area contributed by atoms with E-state index < -0.39 is 43.3 Å². The minimum Gasteiger partial charge on any atom is -0.462 e. The van der Waals surface area contributed by atoms with E-state index in [4.69, 9.17) is 0 Å². The van der Waals surface area contributed by atoms with Crippen molar-refractivity contribution in [2.24, 2.45) is 0 Å². The van der Waals surface area contributed by atoms with Gasteiger partial charge in [-0.05, 0) is 13.8 Å². The van der Waals surface area contributed by atoms with Crippen LogP contribution in [-0.2, 0) is 43.9 Å². The number of ketones is 1. The zero-order valence-corrected chi connectivity index (χ0v) is 14.6. The van der Waals surface area contributed by atoms with Crippen LogP contribution in [0, 0.1) is 0 Å². The Hall–Kier alpha value is -1.95. The molecule has 132 valence electrons. The maximum atomic E-state index is 11.9. The zero-order valence-electron chi connectivity index (χ0n) is 12.9. The van der Waals surface area contributed by atoms with Crippen molar-refractivity contribution in [1.29, 1.82) is 0 Å². The van der Waals surface area contributed by atoms with Crippen molar-refractivity contribution in [1.82, 2.24) is 3.71 Å². The van der Waals surface area contributed by atoms with E-state index in [1.165, 1.54) is 13.8 Å². The van der Waals surface area contributed by atoms with Gasteiger partial charge in [0.1, 0.15) is 5.57 Å². The molecule has 0 aromatic heterocycles. The lowest BCUT2D eigenvalue weighted by molar-refractivity contribution is -0.154. The molecule has 0 aromatic carbocycles. The summed E-state index contributed by atoms with van der Waals surface area (Å²) in [5.41, 5.74) is -1.08. The first kappa shape index (κ1) is 21.0. The first-order chi connectivity index (χ1) is 10.4. The van der Waals surface area contributed by atoms with Gasteiger partial charge in [0, 0.05) is 0 Å². The van der Waals surface area contributed by atoms with Gasteiger partial charge in [-0.25, -0.2) is 26.4 Å². The Morgan fingerprint density at radius 3 is 1.61 bits per heavy atom. The number of carbonyl (C=O) groups is 3. The van der Waals surface area contributed by atoms with Crippen molar-refractivity contribution in [3.8, 4) is 0 Å². The largest absolute Gasteiger partial charge is 0.462 e. The summed E-state index contributed by atoms with van der Waals surface area (Å²) in [5.74, 6) is -4.33. The highest BCUT2D eigenvalue weighted by Crippen LogP contribution is 2.12. The lowest BCUT2D eigenvalue weighted by Gasteiger charge is -2.16. The van der Waals surface area contributed by atoms with Crippen molar-refractivity contribution < 1.29 is 40.7 Å². The summed E-state index contributed by atoms with van der Waals surface area (Å²) in [6.45, 7) is 2.43. The Morgan fingerprint density at radius 1 is 0.870 bits per heavy atom. The van der Waals surface area contributed by atoms with Gasteiger partial charge in [-0.2, -0.15) is 3.71 Å². The number of carbonyl (C=O) groups excluding carboxylic acids is 3. The maximum Gasteiger partial charge on any atom is 0.380 e. The summed E-state index contributed by atoms with van der Waals surface area (Å²) < 4.78 is 54.9. The highest BCUT2D eigenvalue weighted by Gasteiger charge is 2.32. The van der Waals surface area contributed by atoms with Crippen LogP contribution in [-0.4, -0.2) is 64.0 Å². The Bertz CT molecular complexity index is 687. The van der Waals surface area contributed by atoms with Crippen LogP contribution in [0.5, 0.6) is 0 Å². The third-order valence-corrected chi connectivity index (χ3v) is 5.23. The lowest BCUT2D eigenvalue weighted by Crippen LogP contribution is -2.34. The first-order valence-electron chi connectivity index (χ1n) is 6.16. The predicted octanol–water partition coefficient (Wildman–Crippen LogP) is -1.21. The molecule has 23 heavy (non-hydrogen) atoms. The number of Topliss-reactive ketones (excluding diaryl/α,β-unsaturated/α-hetero) is 1. The number of nitrogens with zero attached hydrogens (tertiary/aromatic N) is 1. The number of hydrogen-bond acceptors (Lipinski definition) is 9. The molecule has 0 aliphatic carbocycles. The molecule has 0 radical (unpaired) electrons. The minimum absolute atomic E-state index is 0.178. The fraction of sp³-hybridized carbons (Fsp3) is 0.545. The van der Waals surface area contributed by atoms with E-state index in [0.717, 1.165) is 0 Å². The monoisotopic (exact) mass is 371 g/mol. The Morgan fingerprint density at radius 2 is 1.26 bits per heavy atom. The Labute approximate surface area is 134 Å². The number of ether oxygens (including phenoxy) is 2. The van der Waals surface area contributed by atoms with Crippen molar-refractivity contribution in [2.45, 2.75) is 13.8 Å². The summed E-state index contributed by atoms with van der Waals surface area (Å²) in [6, 6.07) is 0. The summed E-state index contributed by atoms with van der Waals surface area (Å²) in [5, 5.41) is 0. The predicted molar refractivity (Wildman–Crippen MR) is 77.9 cm³/mol. The number of rotatable bonds is 8. The number of sulfonamides is 2. The van der Waals surface area contributed by atoms with Crippen LogP contribution in [0.1, 0.15) is 13.8 Å². The molecule has 0 atom stereocenters. The van der Waals surface area contributed by atoms with Gasteiger partial charge in [0.05, 0.1) is 31.9 Å². The molecular weight excluding hydrogens is 354 g/mol. The van der Waals surface area contributed by atoms with Gasteiger partial charge in [-0.1, -0.05) is 0 Å². The van der Waals surface area contributed by atoms with Crippen LogP contribution in [0.25, 0.3) is 0 Å². The maximum absolute atomic E-state index is 11.9. The lowest BCUT2D eigenvalue weighted by atomic mass is 10.2. The van der Waals surface area contributed by atoms with Crippen LogP contribution >= 0.6 is 0 Å². The van der Waals surface area contributed by atoms with Crippen LogP contribution in [0.15, 0.2) is 11.8 Å². The molecule has 0 bridgehead atoms. The molecule has 12 heteroatoms. The highest BCUT2D eigenvalue weighted by molar-refractivity contribution is 8.03. The molecule has 0 saturated carbocycles. The fourth-order valence-electron chi connectivity index (χ4n) is 1.26. The van der Waals surface area contributed by atoms with Crippen LogP contribution in [0.2, 0.25) is 0 Å². The van der Waals surface area contributed by atoms with E-state index in [1.807, 2.05) is 0 Å². The highest BCUT2D eigenvalue weighted by atomic mass is 32.3. The van der Waals surface area contributed by atoms with Gasteiger partial charge in [0.25, 0.3) is 5.78 Å². The minimum atomic E-state index is -4.38.